The second-order valence-corrected chi connectivity index (χ2v) is 5.53. The quantitative estimate of drug-likeness (QED) is 0.568. The van der Waals surface area contributed by atoms with Crippen molar-refractivity contribution in [2.45, 2.75) is 59.3 Å². The van der Waals surface area contributed by atoms with E-state index in [1.54, 1.807) is 41.5 Å². The van der Waals surface area contributed by atoms with Gasteiger partial charge in [-0.25, -0.2) is 9.59 Å². The van der Waals surface area contributed by atoms with Crippen LogP contribution in [0.3, 0.4) is 0 Å². The summed E-state index contributed by atoms with van der Waals surface area (Å²) < 4.78 is 15.2. The lowest BCUT2D eigenvalue weighted by atomic mass is 10.2. The van der Waals surface area contributed by atoms with Gasteiger partial charge in [0.25, 0.3) is 0 Å². The maximum Gasteiger partial charge on any atom is 0.412 e. The summed E-state index contributed by atoms with van der Waals surface area (Å²) in [4.78, 5) is 25.0. The smallest absolute Gasteiger partial charge is 0.412 e. The van der Waals surface area contributed by atoms with Crippen LogP contribution < -0.4 is 0 Å². The average molecular weight is 275 g/mol. The molecule has 0 aliphatic carbocycles. The van der Waals surface area contributed by atoms with E-state index in [-0.39, 0.29) is 12.8 Å². The molecule has 0 unspecified atom stereocenters. The fourth-order valence-corrected chi connectivity index (χ4v) is 1.24. The van der Waals surface area contributed by atoms with Crippen LogP contribution in [0.1, 0.15) is 41.5 Å². The Morgan fingerprint density at radius 1 is 1.16 bits per heavy atom. The maximum absolute atomic E-state index is 12.0. The molecule has 1 amide bonds. The summed E-state index contributed by atoms with van der Waals surface area (Å²) in [5, 5.41) is 0. The Labute approximate surface area is 115 Å². The summed E-state index contributed by atoms with van der Waals surface area (Å²) in [6, 6.07) is -0.766. The highest BCUT2D eigenvalue weighted by Gasteiger charge is 2.31. The molecule has 0 N–H and O–H groups in total. The largest absolute Gasteiger partial charge is 0.461 e. The number of nitrogens with zero attached hydrogens (tertiary/aromatic N) is 1. The van der Waals surface area contributed by atoms with Gasteiger partial charge in [0, 0.05) is 7.11 Å². The van der Waals surface area contributed by atoms with E-state index in [2.05, 4.69) is 0 Å². The summed E-state index contributed by atoms with van der Waals surface area (Å²) >= 11 is 0. The summed E-state index contributed by atoms with van der Waals surface area (Å²) in [5.41, 5.74) is -0.634. The molecular weight excluding hydrogens is 250 g/mol. The minimum absolute atomic E-state index is 0.0384. The van der Waals surface area contributed by atoms with Gasteiger partial charge in [-0.2, -0.15) is 0 Å². The van der Waals surface area contributed by atoms with Crippen molar-refractivity contribution in [2.75, 3.05) is 13.8 Å². The van der Waals surface area contributed by atoms with Gasteiger partial charge >= 0.3 is 12.1 Å². The monoisotopic (exact) mass is 275 g/mol. The van der Waals surface area contributed by atoms with Crippen molar-refractivity contribution in [2.24, 2.45) is 0 Å². The van der Waals surface area contributed by atoms with Crippen LogP contribution in [0.2, 0.25) is 0 Å². The molecule has 0 saturated carbocycles. The van der Waals surface area contributed by atoms with Gasteiger partial charge in [0.05, 0.1) is 6.10 Å². The van der Waals surface area contributed by atoms with E-state index in [0.717, 1.165) is 0 Å². The predicted molar refractivity (Wildman–Crippen MR) is 70.6 cm³/mol. The van der Waals surface area contributed by atoms with Gasteiger partial charge in [0.1, 0.15) is 18.4 Å². The number of esters is 1. The van der Waals surface area contributed by atoms with Crippen LogP contribution in [0.15, 0.2) is 0 Å². The topological polar surface area (TPSA) is 65.1 Å². The molecule has 19 heavy (non-hydrogen) atoms. The molecule has 0 bridgehead atoms. The van der Waals surface area contributed by atoms with Crippen LogP contribution in [-0.2, 0) is 19.0 Å². The van der Waals surface area contributed by atoms with Gasteiger partial charge in [-0.05, 0) is 41.5 Å². The van der Waals surface area contributed by atoms with Crippen LogP contribution in [-0.4, -0.2) is 48.5 Å². The molecule has 0 fully saturated rings. The first-order chi connectivity index (χ1) is 8.58. The molecule has 1 atom stereocenters. The third kappa shape index (κ3) is 7.00. The van der Waals surface area contributed by atoms with Gasteiger partial charge in [-0.3, -0.25) is 4.90 Å². The second kappa shape index (κ2) is 7.33. The highest BCUT2D eigenvalue weighted by atomic mass is 16.6. The molecule has 0 radical (unpaired) electrons. The Hall–Kier alpha value is -1.30. The van der Waals surface area contributed by atoms with Crippen molar-refractivity contribution in [1.29, 1.82) is 0 Å². The van der Waals surface area contributed by atoms with Crippen LogP contribution >= 0.6 is 0 Å². The molecule has 0 aromatic heterocycles. The lowest BCUT2D eigenvalue weighted by Gasteiger charge is -2.30. The van der Waals surface area contributed by atoms with E-state index in [4.69, 9.17) is 14.2 Å². The Balaban J connectivity index is 4.79. The van der Waals surface area contributed by atoms with Crippen molar-refractivity contribution in [1.82, 2.24) is 4.90 Å². The zero-order chi connectivity index (χ0) is 15.2. The maximum atomic E-state index is 12.0. The highest BCUT2D eigenvalue weighted by molar-refractivity contribution is 5.81. The van der Waals surface area contributed by atoms with Gasteiger partial charge < -0.3 is 14.2 Å². The third-order valence-electron chi connectivity index (χ3n) is 2.06. The minimum Gasteiger partial charge on any atom is -0.461 e. The van der Waals surface area contributed by atoms with Crippen LogP contribution in [0.5, 0.6) is 0 Å². The molecular formula is C13H25NO5. The first kappa shape index (κ1) is 17.7. The first-order valence-corrected chi connectivity index (χ1v) is 6.27. The van der Waals surface area contributed by atoms with Crippen molar-refractivity contribution >= 4 is 12.1 Å². The standard InChI is InChI=1S/C13H25NO5/c1-9(2)18-11(15)10(3)14(8-17-7)12(16)19-13(4,5)6/h9-10H,8H2,1-7H3/t10-/m0/s1. The first-order valence-electron chi connectivity index (χ1n) is 6.27. The van der Waals surface area contributed by atoms with E-state index >= 15 is 0 Å². The number of carbonyl (C=O) groups is 2. The van der Waals surface area contributed by atoms with Gasteiger partial charge in [0.2, 0.25) is 0 Å². The number of carbonyl (C=O) groups excluding carboxylic acids is 2. The van der Waals surface area contributed by atoms with E-state index in [1.165, 1.54) is 12.0 Å². The number of hydrogen-bond donors (Lipinski definition) is 0. The number of rotatable bonds is 5. The molecule has 0 aliphatic rings. The zero-order valence-electron chi connectivity index (χ0n) is 12.9. The zero-order valence-corrected chi connectivity index (χ0v) is 12.9. The summed E-state index contributed by atoms with van der Waals surface area (Å²) in [6.45, 7) is 10.3. The Bertz CT molecular complexity index is 309. The van der Waals surface area contributed by atoms with Crippen LogP contribution in [0.25, 0.3) is 0 Å². The highest BCUT2D eigenvalue weighted by Crippen LogP contribution is 2.13. The van der Waals surface area contributed by atoms with Crippen molar-refractivity contribution in [3.05, 3.63) is 0 Å². The van der Waals surface area contributed by atoms with E-state index in [0.29, 0.717) is 0 Å². The molecule has 0 aromatic rings. The van der Waals surface area contributed by atoms with Crippen LogP contribution in [0, 0.1) is 0 Å². The van der Waals surface area contributed by atoms with E-state index in [9.17, 15) is 9.59 Å². The Morgan fingerprint density at radius 3 is 2.05 bits per heavy atom. The second-order valence-electron chi connectivity index (χ2n) is 5.53. The third-order valence-corrected chi connectivity index (χ3v) is 2.06. The fraction of sp³-hybridized carbons (Fsp3) is 0.846. The van der Waals surface area contributed by atoms with Crippen LogP contribution in [0.4, 0.5) is 4.79 Å². The SMILES string of the molecule is COCN(C(=O)OC(C)(C)C)[C@@H](C)C(=O)OC(C)C. The van der Waals surface area contributed by atoms with E-state index in [1.807, 2.05) is 0 Å². The van der Waals surface area contributed by atoms with E-state index < -0.39 is 23.7 Å². The lowest BCUT2D eigenvalue weighted by Crippen LogP contribution is -2.47. The van der Waals surface area contributed by atoms with Crippen molar-refractivity contribution < 1.29 is 23.8 Å². The van der Waals surface area contributed by atoms with Gasteiger partial charge in [0.15, 0.2) is 0 Å². The predicted octanol–water partition coefficient (Wildman–Crippen LogP) is 2.17. The average Bonchev–Trinajstić information content (AvgIpc) is 2.21. The van der Waals surface area contributed by atoms with Gasteiger partial charge in [-0.1, -0.05) is 0 Å². The van der Waals surface area contributed by atoms with Gasteiger partial charge in [-0.15, -0.1) is 0 Å². The summed E-state index contributed by atoms with van der Waals surface area (Å²) in [6.07, 6.45) is -0.847. The fourth-order valence-electron chi connectivity index (χ4n) is 1.24. The minimum atomic E-state index is -0.766. The number of methoxy groups -OCH3 is 1. The molecule has 0 aliphatic heterocycles. The summed E-state index contributed by atoms with van der Waals surface area (Å²) in [7, 11) is 1.44. The molecule has 0 rings (SSSR count). The molecule has 0 aromatic carbocycles. The normalized spacial score (nSPS) is 13.1. The lowest BCUT2D eigenvalue weighted by molar-refractivity contribution is -0.154. The number of ether oxygens (including phenoxy) is 3. The van der Waals surface area contributed by atoms with Crippen molar-refractivity contribution in [3.63, 3.8) is 0 Å². The Kier molecular flexibility index (Phi) is 6.83. The summed E-state index contributed by atoms with van der Waals surface area (Å²) in [5.74, 6) is -0.488. The number of hydrogen-bond acceptors (Lipinski definition) is 5. The number of amides is 1. The molecule has 6 heteroatoms. The molecule has 0 heterocycles. The molecule has 6 nitrogen and oxygen atoms in total. The molecule has 112 valence electrons. The van der Waals surface area contributed by atoms with Crippen molar-refractivity contribution in [3.8, 4) is 0 Å². The molecule has 0 spiro atoms. The Morgan fingerprint density at radius 2 is 1.68 bits per heavy atom. The molecule has 0 saturated heterocycles.